The minimum atomic E-state index is 0.0561. The lowest BCUT2D eigenvalue weighted by Crippen LogP contribution is -2.04. The third kappa shape index (κ3) is 3.10. The Labute approximate surface area is 97.6 Å². The minimum absolute atomic E-state index is 0.0561. The van der Waals surface area contributed by atoms with Gasteiger partial charge in [-0.15, -0.1) is 11.6 Å². The molecule has 0 bridgehead atoms. The SMILES string of the molecule is CCc1ccc(Br)c(CC(=O)CCl)c1. The van der Waals surface area contributed by atoms with E-state index in [0.717, 1.165) is 16.5 Å². The Morgan fingerprint density at radius 3 is 2.79 bits per heavy atom. The molecule has 0 spiro atoms. The Balaban J connectivity index is 2.89. The van der Waals surface area contributed by atoms with Gasteiger partial charge in [-0.1, -0.05) is 35.0 Å². The maximum atomic E-state index is 11.2. The number of hydrogen-bond donors (Lipinski definition) is 0. The van der Waals surface area contributed by atoms with Crippen molar-refractivity contribution in [2.45, 2.75) is 19.8 Å². The molecule has 0 aliphatic rings. The first-order valence-electron chi connectivity index (χ1n) is 4.52. The third-order valence-corrected chi connectivity index (χ3v) is 3.13. The van der Waals surface area contributed by atoms with Crippen LogP contribution in [0.1, 0.15) is 18.1 Å². The Kier molecular flexibility index (Phi) is 4.63. The molecule has 1 aromatic carbocycles. The van der Waals surface area contributed by atoms with Gasteiger partial charge in [0.2, 0.25) is 0 Å². The van der Waals surface area contributed by atoms with Gasteiger partial charge in [0.1, 0.15) is 0 Å². The molecule has 1 aromatic rings. The van der Waals surface area contributed by atoms with Crippen LogP contribution in [-0.2, 0) is 17.6 Å². The number of halogens is 2. The topological polar surface area (TPSA) is 17.1 Å². The van der Waals surface area contributed by atoms with Crippen molar-refractivity contribution in [3.05, 3.63) is 33.8 Å². The fraction of sp³-hybridized carbons (Fsp3) is 0.364. The number of alkyl halides is 1. The standard InChI is InChI=1S/C11H12BrClO/c1-2-8-3-4-11(12)9(5-8)6-10(14)7-13/h3-5H,2,6-7H2,1H3. The van der Waals surface area contributed by atoms with E-state index >= 15 is 0 Å². The van der Waals surface area contributed by atoms with Crippen molar-refractivity contribution >= 4 is 33.3 Å². The molecular formula is C11H12BrClO. The summed E-state index contributed by atoms with van der Waals surface area (Å²) < 4.78 is 0.980. The van der Waals surface area contributed by atoms with E-state index in [1.807, 2.05) is 6.07 Å². The Morgan fingerprint density at radius 1 is 1.50 bits per heavy atom. The van der Waals surface area contributed by atoms with E-state index in [1.165, 1.54) is 5.56 Å². The van der Waals surface area contributed by atoms with Gasteiger partial charge in [-0.2, -0.15) is 0 Å². The first-order valence-corrected chi connectivity index (χ1v) is 5.85. The lowest BCUT2D eigenvalue weighted by molar-refractivity contribution is -0.116. The molecule has 0 N–H and O–H groups in total. The Morgan fingerprint density at radius 2 is 2.21 bits per heavy atom. The first kappa shape index (κ1) is 11.7. The van der Waals surface area contributed by atoms with E-state index in [-0.39, 0.29) is 11.7 Å². The van der Waals surface area contributed by atoms with E-state index in [1.54, 1.807) is 0 Å². The molecule has 0 saturated carbocycles. The van der Waals surface area contributed by atoms with Gasteiger partial charge in [0.05, 0.1) is 5.88 Å². The highest BCUT2D eigenvalue weighted by molar-refractivity contribution is 9.10. The zero-order valence-corrected chi connectivity index (χ0v) is 10.4. The number of ketones is 1. The molecule has 0 aliphatic carbocycles. The third-order valence-electron chi connectivity index (χ3n) is 2.06. The van der Waals surface area contributed by atoms with Crippen molar-refractivity contribution in [2.75, 3.05) is 5.88 Å². The molecule has 1 nitrogen and oxygen atoms in total. The summed E-state index contributed by atoms with van der Waals surface area (Å²) in [5.41, 5.74) is 2.26. The van der Waals surface area contributed by atoms with E-state index in [9.17, 15) is 4.79 Å². The molecule has 0 heterocycles. The zero-order valence-electron chi connectivity index (χ0n) is 8.02. The molecular weight excluding hydrogens is 263 g/mol. The summed E-state index contributed by atoms with van der Waals surface area (Å²) in [5.74, 6) is 0.142. The highest BCUT2D eigenvalue weighted by Crippen LogP contribution is 2.19. The van der Waals surface area contributed by atoms with Gasteiger partial charge >= 0.3 is 0 Å². The van der Waals surface area contributed by atoms with E-state index in [2.05, 4.69) is 35.0 Å². The monoisotopic (exact) mass is 274 g/mol. The lowest BCUT2D eigenvalue weighted by Gasteiger charge is -2.05. The van der Waals surface area contributed by atoms with Crippen LogP contribution in [0.4, 0.5) is 0 Å². The molecule has 0 aliphatic heterocycles. The van der Waals surface area contributed by atoms with Crippen molar-refractivity contribution in [1.82, 2.24) is 0 Å². The highest BCUT2D eigenvalue weighted by Gasteiger charge is 2.06. The molecule has 3 heteroatoms. The van der Waals surface area contributed by atoms with Crippen molar-refractivity contribution in [3.8, 4) is 0 Å². The average molecular weight is 276 g/mol. The van der Waals surface area contributed by atoms with Crippen molar-refractivity contribution in [2.24, 2.45) is 0 Å². The summed E-state index contributed by atoms with van der Waals surface area (Å²) in [4.78, 5) is 11.2. The summed E-state index contributed by atoms with van der Waals surface area (Å²) in [7, 11) is 0. The Hall–Kier alpha value is -0.340. The average Bonchev–Trinajstić information content (AvgIpc) is 2.21. The van der Waals surface area contributed by atoms with Crippen molar-refractivity contribution in [1.29, 1.82) is 0 Å². The van der Waals surface area contributed by atoms with Crippen LogP contribution in [-0.4, -0.2) is 11.7 Å². The van der Waals surface area contributed by atoms with E-state index < -0.39 is 0 Å². The molecule has 0 saturated heterocycles. The molecule has 0 fully saturated rings. The van der Waals surface area contributed by atoms with Crippen LogP contribution in [0.2, 0.25) is 0 Å². The summed E-state index contributed by atoms with van der Waals surface area (Å²) in [6.07, 6.45) is 1.40. The zero-order chi connectivity index (χ0) is 10.6. The van der Waals surface area contributed by atoms with Crippen LogP contribution in [0.15, 0.2) is 22.7 Å². The Bertz CT molecular complexity index is 336. The van der Waals surface area contributed by atoms with Gasteiger partial charge in [-0.25, -0.2) is 0 Å². The second-order valence-corrected chi connectivity index (χ2v) is 4.25. The second kappa shape index (κ2) is 5.52. The quantitative estimate of drug-likeness (QED) is 0.770. The van der Waals surface area contributed by atoms with Crippen molar-refractivity contribution in [3.63, 3.8) is 0 Å². The number of Topliss-reactive ketones (excluding diaryl/α,β-unsaturated/α-hetero) is 1. The minimum Gasteiger partial charge on any atom is -0.298 e. The van der Waals surface area contributed by atoms with Crippen LogP contribution in [0.5, 0.6) is 0 Å². The lowest BCUT2D eigenvalue weighted by atomic mass is 10.1. The summed E-state index contributed by atoms with van der Waals surface area (Å²) in [6, 6.07) is 6.09. The van der Waals surface area contributed by atoms with Crippen molar-refractivity contribution < 1.29 is 4.79 Å². The first-order chi connectivity index (χ1) is 6.67. The summed E-state index contributed by atoms with van der Waals surface area (Å²) in [5, 5.41) is 0. The normalized spacial score (nSPS) is 10.2. The van der Waals surface area contributed by atoms with Gasteiger partial charge in [0.15, 0.2) is 5.78 Å². The van der Waals surface area contributed by atoms with Gasteiger partial charge in [0, 0.05) is 10.9 Å². The molecule has 0 atom stereocenters. The number of carbonyl (C=O) groups excluding carboxylic acids is 1. The molecule has 0 unspecified atom stereocenters. The number of carbonyl (C=O) groups is 1. The van der Waals surface area contributed by atoms with E-state index in [0.29, 0.717) is 6.42 Å². The van der Waals surface area contributed by atoms with Crippen LogP contribution in [0.3, 0.4) is 0 Å². The van der Waals surface area contributed by atoms with Crippen LogP contribution in [0, 0.1) is 0 Å². The summed E-state index contributed by atoms with van der Waals surface area (Å²) in [6.45, 7) is 2.09. The van der Waals surface area contributed by atoms with Crippen LogP contribution in [0.25, 0.3) is 0 Å². The van der Waals surface area contributed by atoms with Crippen LogP contribution < -0.4 is 0 Å². The number of hydrogen-bond acceptors (Lipinski definition) is 1. The highest BCUT2D eigenvalue weighted by atomic mass is 79.9. The predicted molar refractivity (Wildman–Crippen MR) is 63.0 cm³/mol. The van der Waals surface area contributed by atoms with Crippen LogP contribution >= 0.6 is 27.5 Å². The van der Waals surface area contributed by atoms with Gasteiger partial charge < -0.3 is 0 Å². The molecule has 0 aromatic heterocycles. The maximum absolute atomic E-state index is 11.2. The summed E-state index contributed by atoms with van der Waals surface area (Å²) >= 11 is 8.89. The fourth-order valence-electron chi connectivity index (χ4n) is 1.24. The van der Waals surface area contributed by atoms with Gasteiger partial charge in [-0.3, -0.25) is 4.79 Å². The largest absolute Gasteiger partial charge is 0.298 e. The van der Waals surface area contributed by atoms with Gasteiger partial charge in [0.25, 0.3) is 0 Å². The van der Waals surface area contributed by atoms with Gasteiger partial charge in [-0.05, 0) is 23.6 Å². The molecule has 1 rings (SSSR count). The predicted octanol–water partition coefficient (Wildman–Crippen LogP) is 3.36. The maximum Gasteiger partial charge on any atom is 0.151 e. The molecule has 14 heavy (non-hydrogen) atoms. The van der Waals surface area contributed by atoms with E-state index in [4.69, 9.17) is 11.6 Å². The smallest absolute Gasteiger partial charge is 0.151 e. The number of aryl methyl sites for hydroxylation is 1. The number of rotatable bonds is 4. The molecule has 0 amide bonds. The fourth-order valence-corrected chi connectivity index (χ4v) is 1.72. The molecule has 76 valence electrons. The second-order valence-electron chi connectivity index (χ2n) is 3.13. The number of benzene rings is 1. The molecule has 0 radical (unpaired) electrons.